The third-order valence-electron chi connectivity index (χ3n) is 4.22. The summed E-state index contributed by atoms with van der Waals surface area (Å²) in [5.41, 5.74) is 7.61. The van der Waals surface area contributed by atoms with Crippen molar-refractivity contribution >= 4 is 39.7 Å². The quantitative estimate of drug-likeness (QED) is 0.705. The van der Waals surface area contributed by atoms with Crippen molar-refractivity contribution in [2.45, 2.75) is 24.3 Å². The molecule has 0 bridgehead atoms. The van der Waals surface area contributed by atoms with Crippen LogP contribution in [0.5, 0.6) is 0 Å². The van der Waals surface area contributed by atoms with Gasteiger partial charge in [-0.05, 0) is 42.0 Å². The van der Waals surface area contributed by atoms with E-state index >= 15 is 0 Å². The Bertz CT molecular complexity index is 868. The van der Waals surface area contributed by atoms with Gasteiger partial charge in [-0.25, -0.2) is 8.42 Å². The minimum Gasteiger partial charge on any atom is -0.351 e. The number of carbonyl (C=O) groups excluding carboxylic acids is 1. The number of halogens is 1. The number of rotatable bonds is 6. The summed E-state index contributed by atoms with van der Waals surface area (Å²) in [5.74, 6) is -0.362. The van der Waals surface area contributed by atoms with Crippen molar-refractivity contribution in [2.24, 2.45) is 5.73 Å². The third-order valence-corrected chi connectivity index (χ3v) is 7.15. The Morgan fingerprint density at radius 3 is 2.69 bits per heavy atom. The van der Waals surface area contributed by atoms with E-state index in [0.717, 1.165) is 16.9 Å². The average Bonchev–Trinajstić information content (AvgIpc) is 3.12. The van der Waals surface area contributed by atoms with Crippen LogP contribution in [0.4, 0.5) is 0 Å². The second kappa shape index (κ2) is 8.96. The predicted molar refractivity (Wildman–Crippen MR) is 105 cm³/mol. The van der Waals surface area contributed by atoms with E-state index < -0.39 is 10.0 Å². The summed E-state index contributed by atoms with van der Waals surface area (Å²) in [4.78, 5) is 12.6. The number of hydrogen-bond donors (Lipinski definition) is 2. The lowest BCUT2D eigenvalue weighted by atomic mass is 10.0. The molecule has 9 heteroatoms. The van der Waals surface area contributed by atoms with Crippen molar-refractivity contribution in [1.82, 2.24) is 9.62 Å². The molecule has 2 aromatic rings. The van der Waals surface area contributed by atoms with Crippen LogP contribution in [0, 0.1) is 0 Å². The van der Waals surface area contributed by atoms with Crippen LogP contribution in [0.1, 0.15) is 27.2 Å². The van der Waals surface area contributed by atoms with Crippen molar-refractivity contribution < 1.29 is 13.2 Å². The number of fused-ring (bicyclic) bond motifs is 1. The molecule has 1 amide bonds. The van der Waals surface area contributed by atoms with Gasteiger partial charge in [-0.2, -0.15) is 4.31 Å². The molecule has 1 aliphatic heterocycles. The maximum absolute atomic E-state index is 13.0. The van der Waals surface area contributed by atoms with Gasteiger partial charge in [-0.15, -0.1) is 23.7 Å². The van der Waals surface area contributed by atoms with Crippen molar-refractivity contribution in [3.63, 3.8) is 0 Å². The second-order valence-corrected chi connectivity index (χ2v) is 8.69. The van der Waals surface area contributed by atoms with Crippen LogP contribution >= 0.6 is 23.7 Å². The number of nitrogens with two attached hydrogens (primary N) is 1. The Hall–Kier alpha value is -1.45. The molecule has 3 rings (SSSR count). The Morgan fingerprint density at radius 2 is 1.96 bits per heavy atom. The number of nitrogens with zero attached hydrogens (tertiary/aromatic N) is 1. The molecular formula is C17H22ClN3O3S2. The highest BCUT2D eigenvalue weighted by atomic mass is 35.5. The first-order valence-electron chi connectivity index (χ1n) is 8.16. The van der Waals surface area contributed by atoms with E-state index in [-0.39, 0.29) is 28.1 Å². The standard InChI is InChI=1S/C17H21N3O3S2.ClH/c18-8-3-9-19-17(21)16-15(7-11-24-16)25(22,23)20-10-6-13-4-1-2-5-14(13)12-20;/h1-2,4-5,7,11H,3,6,8-10,12,18H2,(H,19,21);1H. The van der Waals surface area contributed by atoms with E-state index in [9.17, 15) is 13.2 Å². The molecule has 142 valence electrons. The van der Waals surface area contributed by atoms with Crippen molar-refractivity contribution in [2.75, 3.05) is 19.6 Å². The van der Waals surface area contributed by atoms with Crippen LogP contribution in [0.3, 0.4) is 0 Å². The molecule has 6 nitrogen and oxygen atoms in total. The van der Waals surface area contributed by atoms with Gasteiger partial charge in [-0.3, -0.25) is 4.79 Å². The molecule has 0 fully saturated rings. The zero-order valence-electron chi connectivity index (χ0n) is 14.2. The molecule has 1 aromatic carbocycles. The summed E-state index contributed by atoms with van der Waals surface area (Å²) in [6.45, 7) is 1.67. The third kappa shape index (κ3) is 4.27. The molecule has 3 N–H and O–H groups in total. The van der Waals surface area contributed by atoms with Crippen LogP contribution in [0.25, 0.3) is 0 Å². The number of nitrogens with one attached hydrogen (secondary N) is 1. The van der Waals surface area contributed by atoms with Crippen LogP contribution < -0.4 is 11.1 Å². The fraction of sp³-hybridized carbons (Fsp3) is 0.353. The van der Waals surface area contributed by atoms with E-state index in [0.29, 0.717) is 39.0 Å². The van der Waals surface area contributed by atoms with Crippen LogP contribution in [0.15, 0.2) is 40.6 Å². The number of amides is 1. The molecule has 2 heterocycles. The summed E-state index contributed by atoms with van der Waals surface area (Å²) in [7, 11) is -3.71. The fourth-order valence-electron chi connectivity index (χ4n) is 2.86. The van der Waals surface area contributed by atoms with E-state index in [1.54, 1.807) is 5.38 Å². The number of sulfonamides is 1. The number of carbonyl (C=O) groups is 1. The Balaban J connectivity index is 0.00000243. The molecule has 0 spiro atoms. The smallest absolute Gasteiger partial charge is 0.262 e. The number of benzene rings is 1. The molecule has 0 saturated carbocycles. The topological polar surface area (TPSA) is 92.5 Å². The minimum atomic E-state index is -3.71. The lowest BCUT2D eigenvalue weighted by Crippen LogP contribution is -2.37. The normalized spacial score (nSPS) is 14.3. The summed E-state index contributed by atoms with van der Waals surface area (Å²) in [6, 6.07) is 9.37. The monoisotopic (exact) mass is 415 g/mol. The van der Waals surface area contributed by atoms with Gasteiger partial charge < -0.3 is 11.1 Å². The molecule has 1 aromatic heterocycles. The van der Waals surface area contributed by atoms with Gasteiger partial charge in [0.05, 0.1) is 0 Å². The molecule has 0 atom stereocenters. The SMILES string of the molecule is Cl.NCCCNC(=O)c1sccc1S(=O)(=O)N1CCc2ccccc2C1. The molecule has 0 aliphatic carbocycles. The molecule has 0 radical (unpaired) electrons. The van der Waals surface area contributed by atoms with E-state index in [1.165, 1.54) is 15.9 Å². The van der Waals surface area contributed by atoms with Crippen molar-refractivity contribution in [1.29, 1.82) is 0 Å². The van der Waals surface area contributed by atoms with E-state index in [2.05, 4.69) is 5.32 Å². The van der Waals surface area contributed by atoms with Crippen molar-refractivity contribution in [3.05, 3.63) is 51.7 Å². The van der Waals surface area contributed by atoms with Crippen LogP contribution in [-0.2, 0) is 23.0 Å². The highest BCUT2D eigenvalue weighted by Crippen LogP contribution is 2.29. The van der Waals surface area contributed by atoms with Gasteiger partial charge in [0.2, 0.25) is 10.0 Å². The summed E-state index contributed by atoms with van der Waals surface area (Å²) in [6.07, 6.45) is 1.33. The molecule has 26 heavy (non-hydrogen) atoms. The summed E-state index contributed by atoms with van der Waals surface area (Å²) in [5, 5.41) is 4.37. The molecule has 0 unspecified atom stereocenters. The zero-order chi connectivity index (χ0) is 17.9. The maximum Gasteiger partial charge on any atom is 0.262 e. The minimum absolute atomic E-state index is 0. The van der Waals surface area contributed by atoms with Crippen LogP contribution in [-0.4, -0.2) is 38.3 Å². The lowest BCUT2D eigenvalue weighted by Gasteiger charge is -2.28. The van der Waals surface area contributed by atoms with E-state index in [4.69, 9.17) is 5.73 Å². The first-order chi connectivity index (χ1) is 12.0. The van der Waals surface area contributed by atoms with Gasteiger partial charge in [0.25, 0.3) is 5.91 Å². The molecular weight excluding hydrogens is 394 g/mol. The Labute approximate surface area is 163 Å². The lowest BCUT2D eigenvalue weighted by molar-refractivity contribution is 0.0954. The Kier molecular flexibility index (Phi) is 7.19. The number of thiophene rings is 1. The van der Waals surface area contributed by atoms with Crippen molar-refractivity contribution in [3.8, 4) is 0 Å². The van der Waals surface area contributed by atoms with Gasteiger partial charge in [0, 0.05) is 19.6 Å². The number of hydrogen-bond acceptors (Lipinski definition) is 5. The summed E-state index contributed by atoms with van der Waals surface area (Å²) < 4.78 is 27.5. The fourth-order valence-corrected chi connectivity index (χ4v) is 5.60. The van der Waals surface area contributed by atoms with Gasteiger partial charge in [0.1, 0.15) is 9.77 Å². The highest BCUT2D eigenvalue weighted by molar-refractivity contribution is 7.89. The largest absolute Gasteiger partial charge is 0.351 e. The highest BCUT2D eigenvalue weighted by Gasteiger charge is 2.32. The van der Waals surface area contributed by atoms with Gasteiger partial charge in [-0.1, -0.05) is 24.3 Å². The first-order valence-corrected chi connectivity index (χ1v) is 10.5. The maximum atomic E-state index is 13.0. The second-order valence-electron chi connectivity index (χ2n) is 5.87. The Morgan fingerprint density at radius 1 is 1.23 bits per heavy atom. The van der Waals surface area contributed by atoms with E-state index in [1.807, 2.05) is 24.3 Å². The van der Waals surface area contributed by atoms with Gasteiger partial charge >= 0.3 is 0 Å². The first kappa shape index (κ1) is 20.9. The zero-order valence-corrected chi connectivity index (χ0v) is 16.6. The van der Waals surface area contributed by atoms with Crippen LogP contribution in [0.2, 0.25) is 0 Å². The molecule has 0 saturated heterocycles. The average molecular weight is 416 g/mol. The predicted octanol–water partition coefficient (Wildman–Crippen LogP) is 2.00. The summed E-state index contributed by atoms with van der Waals surface area (Å²) >= 11 is 1.14. The van der Waals surface area contributed by atoms with Gasteiger partial charge in [0.15, 0.2) is 0 Å². The molecule has 1 aliphatic rings.